The van der Waals surface area contributed by atoms with Crippen LogP contribution in [0.2, 0.25) is 0 Å². The number of hydrogen-bond donors (Lipinski definition) is 2. The van der Waals surface area contributed by atoms with Gasteiger partial charge in [0, 0.05) is 25.1 Å². The first kappa shape index (κ1) is 18.4. The maximum atomic E-state index is 12.8. The molecule has 6 nitrogen and oxygen atoms in total. The van der Waals surface area contributed by atoms with Gasteiger partial charge >= 0.3 is 6.03 Å². The molecular weight excluding hydrogens is 384 g/mol. The minimum absolute atomic E-state index is 0.0854. The number of nitrogens with one attached hydrogen (secondary N) is 2. The zero-order valence-electron chi connectivity index (χ0n) is 16.4. The molecule has 2 amide bonds. The number of benzene rings is 2. The number of anilines is 1. The first-order valence-electron chi connectivity index (χ1n) is 10.00. The number of thiazole rings is 1. The average Bonchev–Trinajstić information content (AvgIpc) is 3.12. The van der Waals surface area contributed by atoms with Gasteiger partial charge in [-0.15, -0.1) is 0 Å². The van der Waals surface area contributed by atoms with Crippen LogP contribution in [0.1, 0.15) is 30.9 Å². The van der Waals surface area contributed by atoms with Gasteiger partial charge in [0.2, 0.25) is 0 Å². The van der Waals surface area contributed by atoms with Gasteiger partial charge in [0.05, 0.1) is 16.3 Å². The molecule has 7 heteroatoms. The lowest BCUT2D eigenvalue weighted by Gasteiger charge is -2.46. The summed E-state index contributed by atoms with van der Waals surface area (Å²) in [5.74, 6) is 0.883. The molecule has 1 atom stereocenters. The summed E-state index contributed by atoms with van der Waals surface area (Å²) in [6.07, 6.45) is 2.72. The summed E-state index contributed by atoms with van der Waals surface area (Å²) in [7, 11) is 2.14. The average molecular weight is 409 g/mol. The summed E-state index contributed by atoms with van der Waals surface area (Å²) in [5.41, 5.74) is 1.72. The van der Waals surface area contributed by atoms with E-state index in [1.165, 1.54) is 11.3 Å². The van der Waals surface area contributed by atoms with Crippen LogP contribution in [-0.4, -0.2) is 41.7 Å². The van der Waals surface area contributed by atoms with Crippen LogP contribution in [0, 0.1) is 0 Å². The predicted molar refractivity (Wildman–Crippen MR) is 116 cm³/mol. The van der Waals surface area contributed by atoms with Crippen molar-refractivity contribution in [1.29, 1.82) is 0 Å². The normalized spacial score (nSPS) is 20.8. The van der Waals surface area contributed by atoms with Gasteiger partial charge in [0.1, 0.15) is 11.4 Å². The second-order valence-corrected chi connectivity index (χ2v) is 9.00. The second-order valence-electron chi connectivity index (χ2n) is 7.97. The summed E-state index contributed by atoms with van der Waals surface area (Å²) in [6, 6.07) is 15.6. The molecule has 2 aromatic carbocycles. The number of hydrogen-bond acceptors (Lipinski definition) is 5. The number of rotatable bonds is 2. The first-order chi connectivity index (χ1) is 14.1. The molecule has 0 saturated carbocycles. The van der Waals surface area contributed by atoms with E-state index in [0.717, 1.165) is 53.9 Å². The van der Waals surface area contributed by atoms with Crippen molar-refractivity contribution in [2.24, 2.45) is 0 Å². The SMILES string of the molecule is CN1CCC2(CC1)C[C@H](NC(=O)Nc1nc3ccccc3s1)c1ccccc1O2. The molecule has 0 radical (unpaired) electrons. The minimum Gasteiger partial charge on any atom is -0.487 e. The number of amides is 2. The third-order valence-corrected chi connectivity index (χ3v) is 6.87. The molecule has 2 N–H and O–H groups in total. The Morgan fingerprint density at radius 2 is 1.93 bits per heavy atom. The predicted octanol–water partition coefficient (Wildman–Crippen LogP) is 4.41. The maximum absolute atomic E-state index is 12.8. The molecule has 2 aliphatic heterocycles. The van der Waals surface area contributed by atoms with Crippen LogP contribution in [0.4, 0.5) is 9.93 Å². The number of para-hydroxylation sites is 2. The number of likely N-dealkylation sites (tertiary alicyclic amines) is 1. The molecule has 29 heavy (non-hydrogen) atoms. The van der Waals surface area contributed by atoms with E-state index in [9.17, 15) is 4.79 Å². The van der Waals surface area contributed by atoms with E-state index in [-0.39, 0.29) is 17.7 Å². The Hall–Kier alpha value is -2.64. The monoisotopic (exact) mass is 408 g/mol. The fourth-order valence-corrected chi connectivity index (χ4v) is 5.16. The highest BCUT2D eigenvalue weighted by molar-refractivity contribution is 7.22. The molecule has 5 rings (SSSR count). The number of fused-ring (bicyclic) bond motifs is 2. The van der Waals surface area contributed by atoms with Crippen LogP contribution >= 0.6 is 11.3 Å². The van der Waals surface area contributed by atoms with Gasteiger partial charge in [-0.3, -0.25) is 5.32 Å². The van der Waals surface area contributed by atoms with Crippen molar-refractivity contribution >= 4 is 32.7 Å². The summed E-state index contributed by atoms with van der Waals surface area (Å²) in [6.45, 7) is 2.01. The molecule has 2 aliphatic rings. The van der Waals surface area contributed by atoms with Gasteiger partial charge in [0.25, 0.3) is 0 Å². The quantitative estimate of drug-likeness (QED) is 0.659. The molecule has 1 saturated heterocycles. The van der Waals surface area contributed by atoms with Gasteiger partial charge < -0.3 is 15.0 Å². The number of nitrogens with zero attached hydrogens (tertiary/aromatic N) is 2. The number of carbonyl (C=O) groups is 1. The highest BCUT2D eigenvalue weighted by Gasteiger charge is 2.43. The van der Waals surface area contributed by atoms with E-state index in [0.29, 0.717) is 5.13 Å². The fourth-order valence-electron chi connectivity index (χ4n) is 4.30. The van der Waals surface area contributed by atoms with Crippen molar-refractivity contribution in [3.63, 3.8) is 0 Å². The Morgan fingerprint density at radius 1 is 1.17 bits per heavy atom. The number of carbonyl (C=O) groups excluding carboxylic acids is 1. The van der Waals surface area contributed by atoms with Gasteiger partial charge in [-0.25, -0.2) is 9.78 Å². The highest BCUT2D eigenvalue weighted by Crippen LogP contribution is 2.44. The van der Waals surface area contributed by atoms with E-state index in [4.69, 9.17) is 4.74 Å². The molecule has 3 aromatic rings. The van der Waals surface area contributed by atoms with Gasteiger partial charge in [0.15, 0.2) is 5.13 Å². The highest BCUT2D eigenvalue weighted by atomic mass is 32.1. The van der Waals surface area contributed by atoms with Crippen molar-refractivity contribution in [2.75, 3.05) is 25.5 Å². The van der Waals surface area contributed by atoms with Crippen molar-refractivity contribution < 1.29 is 9.53 Å². The smallest absolute Gasteiger partial charge is 0.321 e. The molecule has 1 spiro atoms. The van der Waals surface area contributed by atoms with Crippen LogP contribution in [0.25, 0.3) is 10.2 Å². The van der Waals surface area contributed by atoms with Crippen molar-refractivity contribution in [1.82, 2.24) is 15.2 Å². The van der Waals surface area contributed by atoms with Crippen molar-refractivity contribution in [3.05, 3.63) is 54.1 Å². The van der Waals surface area contributed by atoms with Crippen LogP contribution in [0.15, 0.2) is 48.5 Å². The molecule has 0 aliphatic carbocycles. The number of piperidine rings is 1. The zero-order chi connectivity index (χ0) is 19.8. The third-order valence-electron chi connectivity index (χ3n) is 5.91. The van der Waals surface area contributed by atoms with Crippen LogP contribution in [0.5, 0.6) is 5.75 Å². The number of aromatic nitrogens is 1. The van der Waals surface area contributed by atoms with Gasteiger partial charge in [-0.1, -0.05) is 41.7 Å². The molecule has 1 aromatic heterocycles. The summed E-state index contributed by atoms with van der Waals surface area (Å²) < 4.78 is 7.53. The van der Waals surface area contributed by atoms with E-state index in [1.807, 2.05) is 48.5 Å². The standard InChI is InChI=1S/C22H24N4O2S/c1-26-12-10-22(11-13-26)14-17(15-6-2-4-8-18(15)28-22)23-20(27)25-21-24-16-7-3-5-9-19(16)29-21/h2-9,17H,10-14H2,1H3,(H2,23,24,25,27)/t17-/m0/s1. The van der Waals surface area contributed by atoms with Gasteiger partial charge in [-0.2, -0.15) is 0 Å². The van der Waals surface area contributed by atoms with Crippen molar-refractivity contribution in [2.45, 2.75) is 30.9 Å². The maximum Gasteiger partial charge on any atom is 0.321 e. The molecule has 1 fully saturated rings. The zero-order valence-corrected chi connectivity index (χ0v) is 17.2. The second kappa shape index (κ2) is 7.31. The van der Waals surface area contributed by atoms with Crippen LogP contribution < -0.4 is 15.4 Å². The lowest BCUT2D eigenvalue weighted by Crippen LogP contribution is -2.51. The summed E-state index contributed by atoms with van der Waals surface area (Å²) in [4.78, 5) is 19.6. The molecular formula is C22H24N4O2S. The van der Waals surface area contributed by atoms with Gasteiger partial charge in [-0.05, 0) is 38.1 Å². The molecule has 3 heterocycles. The Balaban J connectivity index is 1.35. The first-order valence-corrected chi connectivity index (χ1v) is 10.8. The molecule has 0 unspecified atom stereocenters. The van der Waals surface area contributed by atoms with E-state index < -0.39 is 0 Å². The summed E-state index contributed by atoms with van der Waals surface area (Å²) in [5, 5.41) is 6.70. The van der Waals surface area contributed by atoms with Crippen LogP contribution in [-0.2, 0) is 0 Å². The third kappa shape index (κ3) is 3.68. The fraction of sp³-hybridized carbons (Fsp3) is 0.364. The van der Waals surface area contributed by atoms with Crippen molar-refractivity contribution in [3.8, 4) is 5.75 Å². The number of ether oxygens (including phenoxy) is 1. The molecule has 150 valence electrons. The summed E-state index contributed by atoms with van der Waals surface area (Å²) >= 11 is 1.48. The van der Waals surface area contributed by atoms with Crippen LogP contribution in [0.3, 0.4) is 0 Å². The van der Waals surface area contributed by atoms with E-state index in [2.05, 4.69) is 27.6 Å². The number of urea groups is 1. The largest absolute Gasteiger partial charge is 0.487 e. The lowest BCUT2D eigenvalue weighted by atomic mass is 9.80. The molecule has 0 bridgehead atoms. The topological polar surface area (TPSA) is 66.5 Å². The Morgan fingerprint density at radius 3 is 2.76 bits per heavy atom. The Bertz CT molecular complexity index is 1010. The lowest BCUT2D eigenvalue weighted by molar-refractivity contribution is -0.0188. The Kier molecular flexibility index (Phi) is 4.64. The Labute approximate surface area is 173 Å². The minimum atomic E-state index is -0.228. The van der Waals surface area contributed by atoms with E-state index in [1.54, 1.807) is 0 Å². The van der Waals surface area contributed by atoms with E-state index >= 15 is 0 Å².